The minimum atomic E-state index is -3.67. The van der Waals surface area contributed by atoms with Gasteiger partial charge in [0, 0.05) is 37.9 Å². The van der Waals surface area contributed by atoms with E-state index in [4.69, 9.17) is 6.42 Å². The Bertz CT molecular complexity index is 1000. The number of hydrogen-bond donors (Lipinski definition) is 1. The predicted molar refractivity (Wildman–Crippen MR) is 119 cm³/mol. The SMILES string of the molecule is C#CCNS(=O)(=O)c1ccc(C(=O)N(C)Cc2ccc(N3CCCCC3)cc2)cc1. The van der Waals surface area contributed by atoms with Crippen LogP contribution in [0.1, 0.15) is 35.2 Å². The topological polar surface area (TPSA) is 69.7 Å². The number of amides is 1. The Balaban J connectivity index is 1.62. The molecule has 6 nitrogen and oxygen atoms in total. The van der Waals surface area contributed by atoms with Gasteiger partial charge < -0.3 is 9.80 Å². The standard InChI is InChI=1S/C23H27N3O3S/c1-3-15-24-30(28,29)22-13-9-20(10-14-22)23(27)25(2)18-19-7-11-21(12-8-19)26-16-5-4-6-17-26/h1,7-14,24H,4-6,15-18H2,2H3. The number of nitrogens with one attached hydrogen (secondary N) is 1. The second-order valence-electron chi connectivity index (χ2n) is 7.43. The molecule has 1 amide bonds. The fourth-order valence-electron chi connectivity index (χ4n) is 3.53. The van der Waals surface area contributed by atoms with Crippen molar-refractivity contribution >= 4 is 21.6 Å². The maximum atomic E-state index is 12.7. The van der Waals surface area contributed by atoms with E-state index >= 15 is 0 Å². The second-order valence-corrected chi connectivity index (χ2v) is 9.20. The Labute approximate surface area is 178 Å². The molecule has 3 rings (SSSR count). The molecular formula is C23H27N3O3S. The minimum absolute atomic E-state index is 0.0743. The summed E-state index contributed by atoms with van der Waals surface area (Å²) in [6.07, 6.45) is 8.86. The molecular weight excluding hydrogens is 398 g/mol. The third kappa shape index (κ3) is 5.41. The van der Waals surface area contributed by atoms with Crippen LogP contribution in [0, 0.1) is 12.3 Å². The average molecular weight is 426 g/mol. The molecule has 1 aliphatic rings. The summed E-state index contributed by atoms with van der Waals surface area (Å²) in [5.74, 6) is 2.06. The number of piperidine rings is 1. The summed E-state index contributed by atoms with van der Waals surface area (Å²) in [4.78, 5) is 16.8. The first-order valence-electron chi connectivity index (χ1n) is 10.0. The van der Waals surface area contributed by atoms with Gasteiger partial charge in [-0.2, -0.15) is 4.72 Å². The monoisotopic (exact) mass is 425 g/mol. The molecule has 0 atom stereocenters. The van der Waals surface area contributed by atoms with Crippen molar-refractivity contribution in [1.29, 1.82) is 0 Å². The zero-order valence-electron chi connectivity index (χ0n) is 17.2. The van der Waals surface area contributed by atoms with Gasteiger partial charge in [0.25, 0.3) is 5.91 Å². The molecule has 30 heavy (non-hydrogen) atoms. The maximum absolute atomic E-state index is 12.7. The van der Waals surface area contributed by atoms with E-state index in [1.165, 1.54) is 49.2 Å². The summed E-state index contributed by atoms with van der Waals surface area (Å²) in [6.45, 7) is 2.59. The largest absolute Gasteiger partial charge is 0.372 e. The van der Waals surface area contributed by atoms with Gasteiger partial charge in [0.1, 0.15) is 0 Å². The fraction of sp³-hybridized carbons (Fsp3) is 0.348. The predicted octanol–water partition coefficient (Wildman–Crippen LogP) is 2.86. The van der Waals surface area contributed by atoms with E-state index < -0.39 is 10.0 Å². The molecule has 7 heteroatoms. The lowest BCUT2D eigenvalue weighted by molar-refractivity contribution is 0.0785. The lowest BCUT2D eigenvalue weighted by atomic mass is 10.1. The van der Waals surface area contributed by atoms with Gasteiger partial charge in [0.15, 0.2) is 0 Å². The summed E-state index contributed by atoms with van der Waals surface area (Å²) in [6, 6.07) is 14.2. The molecule has 1 fully saturated rings. The van der Waals surface area contributed by atoms with Gasteiger partial charge in [0.2, 0.25) is 10.0 Å². The van der Waals surface area contributed by atoms with Crippen molar-refractivity contribution < 1.29 is 13.2 Å². The summed E-state index contributed by atoms with van der Waals surface area (Å²) in [5.41, 5.74) is 2.70. The van der Waals surface area contributed by atoms with Crippen LogP contribution < -0.4 is 9.62 Å². The van der Waals surface area contributed by atoms with Gasteiger partial charge >= 0.3 is 0 Å². The normalized spacial score (nSPS) is 14.2. The van der Waals surface area contributed by atoms with Crippen LogP contribution in [-0.2, 0) is 16.6 Å². The first kappa shape index (κ1) is 21.9. The number of hydrogen-bond acceptors (Lipinski definition) is 4. The number of rotatable bonds is 7. The summed E-state index contributed by atoms with van der Waals surface area (Å²) >= 11 is 0. The zero-order valence-corrected chi connectivity index (χ0v) is 18.0. The molecule has 1 saturated heterocycles. The van der Waals surface area contributed by atoms with Crippen LogP contribution in [0.25, 0.3) is 0 Å². The smallest absolute Gasteiger partial charge is 0.253 e. The van der Waals surface area contributed by atoms with Crippen molar-refractivity contribution in [3.63, 3.8) is 0 Å². The molecule has 1 N–H and O–H groups in total. The Hall–Kier alpha value is -2.82. The second kappa shape index (κ2) is 9.79. The molecule has 1 heterocycles. The fourth-order valence-corrected chi connectivity index (χ4v) is 4.46. The van der Waals surface area contributed by atoms with Crippen molar-refractivity contribution in [3.05, 3.63) is 59.7 Å². The van der Waals surface area contributed by atoms with Crippen molar-refractivity contribution in [1.82, 2.24) is 9.62 Å². The molecule has 0 spiro atoms. The lowest BCUT2D eigenvalue weighted by Crippen LogP contribution is -2.29. The van der Waals surface area contributed by atoms with Crippen molar-refractivity contribution in [2.75, 3.05) is 31.6 Å². The number of sulfonamides is 1. The maximum Gasteiger partial charge on any atom is 0.253 e. The van der Waals surface area contributed by atoms with E-state index in [-0.39, 0.29) is 17.3 Å². The van der Waals surface area contributed by atoms with E-state index in [0.717, 1.165) is 18.7 Å². The highest BCUT2D eigenvalue weighted by atomic mass is 32.2. The summed E-state index contributed by atoms with van der Waals surface area (Å²) < 4.78 is 26.5. The first-order valence-corrected chi connectivity index (χ1v) is 11.5. The highest BCUT2D eigenvalue weighted by Gasteiger charge is 2.17. The van der Waals surface area contributed by atoms with Gasteiger partial charge in [-0.05, 0) is 61.2 Å². The number of anilines is 1. The van der Waals surface area contributed by atoms with Gasteiger partial charge in [-0.15, -0.1) is 6.42 Å². The molecule has 0 radical (unpaired) electrons. The molecule has 2 aromatic carbocycles. The lowest BCUT2D eigenvalue weighted by Gasteiger charge is -2.29. The van der Waals surface area contributed by atoms with Gasteiger partial charge in [0.05, 0.1) is 11.4 Å². The van der Waals surface area contributed by atoms with Gasteiger partial charge in [-0.25, -0.2) is 8.42 Å². The Morgan fingerprint density at radius 3 is 2.30 bits per heavy atom. The van der Waals surface area contributed by atoms with Crippen LogP contribution >= 0.6 is 0 Å². The molecule has 0 aliphatic carbocycles. The van der Waals surface area contributed by atoms with Gasteiger partial charge in [-0.1, -0.05) is 18.1 Å². The zero-order chi connectivity index (χ0) is 21.6. The Morgan fingerprint density at radius 1 is 1.07 bits per heavy atom. The van der Waals surface area contributed by atoms with Crippen LogP contribution in [0.5, 0.6) is 0 Å². The first-order chi connectivity index (χ1) is 14.4. The van der Waals surface area contributed by atoms with Crippen molar-refractivity contribution in [3.8, 4) is 12.3 Å². The molecule has 0 saturated carbocycles. The van der Waals surface area contributed by atoms with E-state index in [2.05, 4.69) is 39.8 Å². The van der Waals surface area contributed by atoms with Crippen LogP contribution in [0.3, 0.4) is 0 Å². The number of carbonyl (C=O) groups excluding carboxylic acids is 1. The van der Waals surface area contributed by atoms with Crippen molar-refractivity contribution in [2.45, 2.75) is 30.7 Å². The van der Waals surface area contributed by atoms with Crippen LogP contribution in [-0.4, -0.2) is 45.9 Å². The number of terminal acetylenes is 1. The van der Waals surface area contributed by atoms with E-state index in [0.29, 0.717) is 12.1 Å². The highest BCUT2D eigenvalue weighted by molar-refractivity contribution is 7.89. The molecule has 0 bridgehead atoms. The highest BCUT2D eigenvalue weighted by Crippen LogP contribution is 2.21. The third-order valence-electron chi connectivity index (χ3n) is 5.20. The molecule has 158 valence electrons. The molecule has 1 aliphatic heterocycles. The molecule has 0 unspecified atom stereocenters. The van der Waals surface area contributed by atoms with E-state index in [1.807, 2.05) is 0 Å². The van der Waals surface area contributed by atoms with Gasteiger partial charge in [-0.3, -0.25) is 4.79 Å². The Morgan fingerprint density at radius 2 is 1.70 bits per heavy atom. The third-order valence-corrected chi connectivity index (χ3v) is 6.62. The summed E-state index contributed by atoms with van der Waals surface area (Å²) in [7, 11) is -1.93. The molecule has 0 aromatic heterocycles. The minimum Gasteiger partial charge on any atom is -0.372 e. The van der Waals surface area contributed by atoms with E-state index in [9.17, 15) is 13.2 Å². The van der Waals surface area contributed by atoms with Crippen LogP contribution in [0.4, 0.5) is 5.69 Å². The van der Waals surface area contributed by atoms with Crippen LogP contribution in [0.2, 0.25) is 0 Å². The average Bonchev–Trinajstić information content (AvgIpc) is 2.78. The quantitative estimate of drug-likeness (QED) is 0.693. The Kier molecular flexibility index (Phi) is 7.14. The number of benzene rings is 2. The summed E-state index contributed by atoms with van der Waals surface area (Å²) in [5, 5.41) is 0. The van der Waals surface area contributed by atoms with E-state index in [1.54, 1.807) is 11.9 Å². The van der Waals surface area contributed by atoms with Crippen LogP contribution in [0.15, 0.2) is 53.4 Å². The molecule has 2 aromatic rings. The number of carbonyl (C=O) groups is 1. The van der Waals surface area contributed by atoms with Crippen molar-refractivity contribution in [2.24, 2.45) is 0 Å². The number of nitrogens with zero attached hydrogens (tertiary/aromatic N) is 2.